The zero-order valence-corrected chi connectivity index (χ0v) is 10.8. The Morgan fingerprint density at radius 2 is 2.00 bits per heavy atom. The van der Waals surface area contributed by atoms with Gasteiger partial charge in [-0.2, -0.15) is 0 Å². The third-order valence-corrected chi connectivity index (χ3v) is 5.31. The van der Waals surface area contributed by atoms with Crippen LogP contribution >= 0.6 is 0 Å². The molecule has 2 bridgehead atoms. The molecule has 2 aliphatic rings. The highest BCUT2D eigenvalue weighted by atomic mass is 16.5. The van der Waals surface area contributed by atoms with E-state index in [0.717, 1.165) is 6.42 Å². The van der Waals surface area contributed by atoms with Crippen LogP contribution in [0.2, 0.25) is 0 Å². The van der Waals surface area contributed by atoms with E-state index in [9.17, 15) is 4.79 Å². The topological polar surface area (TPSA) is 26.3 Å². The summed E-state index contributed by atoms with van der Waals surface area (Å²) in [4.78, 5) is 11.6. The zero-order valence-electron chi connectivity index (χ0n) is 10.8. The van der Waals surface area contributed by atoms with Gasteiger partial charge in [0.2, 0.25) is 0 Å². The minimum Gasteiger partial charge on any atom is -0.458 e. The summed E-state index contributed by atoms with van der Waals surface area (Å²) in [6, 6.07) is 0. The first-order chi connectivity index (χ1) is 7.29. The third-order valence-electron chi connectivity index (χ3n) is 5.31. The normalized spacial score (nSPS) is 39.8. The first-order valence-electron chi connectivity index (χ1n) is 6.15. The molecule has 0 saturated heterocycles. The highest BCUT2D eigenvalue weighted by Gasteiger charge is 2.62. The van der Waals surface area contributed by atoms with Crippen molar-refractivity contribution in [2.75, 3.05) is 0 Å². The monoisotopic (exact) mass is 222 g/mol. The average Bonchev–Trinajstić information content (AvgIpc) is 2.50. The Labute approximate surface area is 98.1 Å². The standard InChI is InChI=1S/C14H22O2/c1-9(2)12(15)16-11-8-10-6-7-14(11,5)13(10,3)4/h10-11H,1,6-8H2,2-5H3/t10-,11?,14?/m1/s1. The molecule has 0 aromatic carbocycles. The maximum atomic E-state index is 11.6. The number of hydrogen-bond donors (Lipinski definition) is 0. The van der Waals surface area contributed by atoms with Crippen LogP contribution in [-0.4, -0.2) is 12.1 Å². The van der Waals surface area contributed by atoms with Crippen LogP contribution in [0.5, 0.6) is 0 Å². The first-order valence-corrected chi connectivity index (χ1v) is 6.15. The predicted molar refractivity (Wildman–Crippen MR) is 63.9 cm³/mol. The van der Waals surface area contributed by atoms with E-state index in [1.807, 2.05) is 0 Å². The summed E-state index contributed by atoms with van der Waals surface area (Å²) in [6.45, 7) is 12.3. The molecule has 2 nitrogen and oxygen atoms in total. The lowest BCUT2D eigenvalue weighted by molar-refractivity contribution is -0.151. The molecular weight excluding hydrogens is 200 g/mol. The predicted octanol–water partition coefficient (Wildman–Crippen LogP) is 3.32. The van der Waals surface area contributed by atoms with Gasteiger partial charge in [0.25, 0.3) is 0 Å². The Balaban J connectivity index is 2.16. The summed E-state index contributed by atoms with van der Waals surface area (Å²) in [5.74, 6) is 0.481. The van der Waals surface area contributed by atoms with Crippen molar-refractivity contribution in [1.29, 1.82) is 0 Å². The van der Waals surface area contributed by atoms with Crippen LogP contribution in [-0.2, 0) is 9.53 Å². The number of ether oxygens (including phenoxy) is 1. The second-order valence-electron chi connectivity index (χ2n) is 6.28. The van der Waals surface area contributed by atoms with Crippen molar-refractivity contribution in [2.45, 2.75) is 53.1 Å². The first kappa shape index (κ1) is 11.7. The van der Waals surface area contributed by atoms with Gasteiger partial charge in [-0.3, -0.25) is 0 Å². The summed E-state index contributed by atoms with van der Waals surface area (Å²) in [6.07, 6.45) is 3.58. The maximum Gasteiger partial charge on any atom is 0.333 e. The van der Waals surface area contributed by atoms with Gasteiger partial charge in [0.1, 0.15) is 6.10 Å². The number of carbonyl (C=O) groups excluding carboxylic acids is 1. The third kappa shape index (κ3) is 1.35. The lowest BCUT2D eigenvalue weighted by atomic mass is 9.70. The van der Waals surface area contributed by atoms with E-state index in [-0.39, 0.29) is 17.5 Å². The summed E-state index contributed by atoms with van der Waals surface area (Å²) in [7, 11) is 0. The van der Waals surface area contributed by atoms with Crippen molar-refractivity contribution >= 4 is 5.97 Å². The van der Waals surface area contributed by atoms with Crippen LogP contribution in [0.1, 0.15) is 47.0 Å². The van der Waals surface area contributed by atoms with Gasteiger partial charge in [0, 0.05) is 11.0 Å². The fourth-order valence-corrected chi connectivity index (χ4v) is 3.54. The van der Waals surface area contributed by atoms with Gasteiger partial charge >= 0.3 is 5.97 Å². The summed E-state index contributed by atoms with van der Waals surface area (Å²) in [5, 5.41) is 0. The lowest BCUT2D eigenvalue weighted by Crippen LogP contribution is -2.38. The smallest absolute Gasteiger partial charge is 0.333 e. The lowest BCUT2D eigenvalue weighted by Gasteiger charge is -2.38. The Morgan fingerprint density at radius 1 is 1.38 bits per heavy atom. The van der Waals surface area contributed by atoms with E-state index in [4.69, 9.17) is 4.74 Å². The van der Waals surface area contributed by atoms with Crippen LogP contribution in [0, 0.1) is 16.7 Å². The molecule has 0 N–H and O–H groups in total. The molecule has 2 saturated carbocycles. The molecule has 2 fully saturated rings. The fraction of sp³-hybridized carbons (Fsp3) is 0.786. The molecular formula is C14H22O2. The van der Waals surface area contributed by atoms with Gasteiger partial charge in [0.15, 0.2) is 0 Å². The van der Waals surface area contributed by atoms with Gasteiger partial charge in [0.05, 0.1) is 0 Å². The number of carbonyl (C=O) groups is 1. The average molecular weight is 222 g/mol. The van der Waals surface area contributed by atoms with Crippen molar-refractivity contribution < 1.29 is 9.53 Å². The second-order valence-corrected chi connectivity index (χ2v) is 6.28. The SMILES string of the molecule is C=C(C)C(=O)OC1C[C@H]2CCC1(C)C2(C)C. The highest BCUT2D eigenvalue weighted by molar-refractivity contribution is 5.87. The summed E-state index contributed by atoms with van der Waals surface area (Å²) >= 11 is 0. The van der Waals surface area contributed by atoms with Gasteiger partial charge in [-0.05, 0) is 37.5 Å². The van der Waals surface area contributed by atoms with Crippen molar-refractivity contribution in [3.63, 3.8) is 0 Å². The van der Waals surface area contributed by atoms with Crippen LogP contribution in [0.3, 0.4) is 0 Å². The molecule has 0 spiro atoms. The molecule has 0 aliphatic heterocycles. The van der Waals surface area contributed by atoms with E-state index >= 15 is 0 Å². The molecule has 2 heteroatoms. The van der Waals surface area contributed by atoms with Crippen LogP contribution < -0.4 is 0 Å². The van der Waals surface area contributed by atoms with Crippen LogP contribution in [0.25, 0.3) is 0 Å². The second kappa shape index (κ2) is 3.35. The van der Waals surface area contributed by atoms with Crippen molar-refractivity contribution in [3.8, 4) is 0 Å². The van der Waals surface area contributed by atoms with Crippen molar-refractivity contribution in [1.82, 2.24) is 0 Å². The molecule has 2 rings (SSSR count). The number of esters is 1. The molecule has 0 heterocycles. The fourth-order valence-electron chi connectivity index (χ4n) is 3.54. The van der Waals surface area contributed by atoms with E-state index in [1.165, 1.54) is 12.8 Å². The van der Waals surface area contributed by atoms with Gasteiger partial charge in [-0.15, -0.1) is 0 Å². The minimum absolute atomic E-state index is 0.0884. The van der Waals surface area contributed by atoms with Crippen molar-refractivity contribution in [3.05, 3.63) is 12.2 Å². The molecule has 0 radical (unpaired) electrons. The quantitative estimate of drug-likeness (QED) is 0.529. The Kier molecular flexibility index (Phi) is 2.45. The number of fused-ring (bicyclic) bond motifs is 2. The summed E-state index contributed by atoms with van der Waals surface area (Å²) in [5.41, 5.74) is 0.958. The maximum absolute atomic E-state index is 11.6. The molecule has 3 atom stereocenters. The van der Waals surface area contributed by atoms with Crippen LogP contribution in [0.4, 0.5) is 0 Å². The molecule has 90 valence electrons. The molecule has 0 amide bonds. The summed E-state index contributed by atoms with van der Waals surface area (Å²) < 4.78 is 5.61. The Bertz CT molecular complexity index is 343. The van der Waals surface area contributed by atoms with Gasteiger partial charge in [-0.1, -0.05) is 27.4 Å². The molecule has 0 aromatic heterocycles. The van der Waals surface area contributed by atoms with E-state index in [1.54, 1.807) is 6.92 Å². The van der Waals surface area contributed by atoms with Crippen molar-refractivity contribution in [2.24, 2.45) is 16.7 Å². The largest absolute Gasteiger partial charge is 0.458 e. The Morgan fingerprint density at radius 3 is 2.38 bits per heavy atom. The van der Waals surface area contributed by atoms with E-state index < -0.39 is 0 Å². The number of hydrogen-bond acceptors (Lipinski definition) is 2. The zero-order chi connectivity index (χ0) is 12.1. The Hall–Kier alpha value is -0.790. The highest BCUT2D eigenvalue weighted by Crippen LogP contribution is 2.66. The van der Waals surface area contributed by atoms with Gasteiger partial charge in [-0.25, -0.2) is 4.79 Å². The number of rotatable bonds is 2. The molecule has 0 aromatic rings. The molecule has 2 aliphatic carbocycles. The van der Waals surface area contributed by atoms with E-state index in [2.05, 4.69) is 27.4 Å². The molecule has 16 heavy (non-hydrogen) atoms. The van der Waals surface area contributed by atoms with E-state index in [0.29, 0.717) is 16.9 Å². The molecule has 2 unspecified atom stereocenters. The van der Waals surface area contributed by atoms with Crippen LogP contribution in [0.15, 0.2) is 12.2 Å². The van der Waals surface area contributed by atoms with Gasteiger partial charge < -0.3 is 4.74 Å². The minimum atomic E-state index is -0.227.